The van der Waals surface area contributed by atoms with Crippen LogP contribution in [0.4, 0.5) is 5.95 Å². The summed E-state index contributed by atoms with van der Waals surface area (Å²) in [6.45, 7) is 1.64. The van der Waals surface area contributed by atoms with Crippen molar-refractivity contribution in [3.63, 3.8) is 0 Å². The Morgan fingerprint density at radius 1 is 1.32 bits per heavy atom. The summed E-state index contributed by atoms with van der Waals surface area (Å²) < 4.78 is 0. The molecule has 1 aromatic heterocycles. The average molecular weight is 298 g/mol. The van der Waals surface area contributed by atoms with E-state index in [4.69, 9.17) is 28.9 Å². The summed E-state index contributed by atoms with van der Waals surface area (Å²) in [5.41, 5.74) is 6.55. The molecule has 2 heterocycles. The van der Waals surface area contributed by atoms with E-state index in [-0.39, 0.29) is 6.04 Å². The Morgan fingerprint density at radius 2 is 2.05 bits per heavy atom. The third kappa shape index (κ3) is 2.41. The van der Waals surface area contributed by atoms with Crippen molar-refractivity contribution in [3.05, 3.63) is 28.2 Å². The van der Waals surface area contributed by atoms with Gasteiger partial charge in [0.15, 0.2) is 5.82 Å². The molecule has 0 bridgehead atoms. The van der Waals surface area contributed by atoms with E-state index in [9.17, 15) is 0 Å². The minimum Gasteiger partial charge on any atom is -0.338 e. The highest BCUT2D eigenvalue weighted by molar-refractivity contribution is 6.38. The lowest BCUT2D eigenvalue weighted by molar-refractivity contribution is 0.750. The molecule has 1 aliphatic rings. The van der Waals surface area contributed by atoms with Crippen LogP contribution in [-0.2, 0) is 0 Å². The standard InChI is InChI=1S/C12H13Cl2N5/c13-8-2-1-3-9(14)10(8)11-16-12(18-17-11)19-5-4-7(15)6-19/h1-3,7H,4-6,15H2,(H,16,17,18). The molecule has 1 unspecified atom stereocenters. The predicted molar refractivity (Wildman–Crippen MR) is 76.6 cm³/mol. The molecule has 1 fully saturated rings. The van der Waals surface area contributed by atoms with Gasteiger partial charge in [0.25, 0.3) is 0 Å². The van der Waals surface area contributed by atoms with Gasteiger partial charge in [-0.25, -0.2) is 0 Å². The summed E-state index contributed by atoms with van der Waals surface area (Å²) in [5, 5.41) is 8.19. The highest BCUT2D eigenvalue weighted by atomic mass is 35.5. The summed E-state index contributed by atoms with van der Waals surface area (Å²) >= 11 is 12.3. The molecule has 0 spiro atoms. The molecule has 7 heteroatoms. The van der Waals surface area contributed by atoms with E-state index >= 15 is 0 Å². The Balaban J connectivity index is 1.93. The molecule has 0 saturated carbocycles. The molecular weight excluding hydrogens is 285 g/mol. The highest BCUT2D eigenvalue weighted by Crippen LogP contribution is 2.33. The minimum absolute atomic E-state index is 0.186. The Bertz CT molecular complexity index is 577. The molecule has 2 aromatic rings. The molecule has 19 heavy (non-hydrogen) atoms. The van der Waals surface area contributed by atoms with Crippen LogP contribution in [0.3, 0.4) is 0 Å². The summed E-state index contributed by atoms with van der Waals surface area (Å²) in [4.78, 5) is 6.50. The van der Waals surface area contributed by atoms with Crippen LogP contribution < -0.4 is 10.6 Å². The van der Waals surface area contributed by atoms with Gasteiger partial charge in [-0.1, -0.05) is 29.3 Å². The quantitative estimate of drug-likeness (QED) is 0.892. The Kier molecular flexibility index (Phi) is 3.35. The van der Waals surface area contributed by atoms with Crippen molar-refractivity contribution in [2.75, 3.05) is 18.0 Å². The number of rotatable bonds is 2. The molecule has 1 aromatic carbocycles. The number of anilines is 1. The molecule has 100 valence electrons. The lowest BCUT2D eigenvalue weighted by Crippen LogP contribution is -2.26. The monoisotopic (exact) mass is 297 g/mol. The van der Waals surface area contributed by atoms with Gasteiger partial charge in [-0.3, -0.25) is 5.10 Å². The zero-order chi connectivity index (χ0) is 13.4. The first-order chi connectivity index (χ1) is 9.15. The number of nitrogens with zero attached hydrogens (tertiary/aromatic N) is 3. The molecule has 0 radical (unpaired) electrons. The summed E-state index contributed by atoms with van der Waals surface area (Å²) in [7, 11) is 0. The van der Waals surface area contributed by atoms with Crippen molar-refractivity contribution in [2.45, 2.75) is 12.5 Å². The molecule has 1 aliphatic heterocycles. The largest absolute Gasteiger partial charge is 0.338 e. The van der Waals surface area contributed by atoms with Gasteiger partial charge in [-0.2, -0.15) is 4.98 Å². The average Bonchev–Trinajstić information content (AvgIpc) is 2.98. The number of halogens is 2. The van der Waals surface area contributed by atoms with E-state index in [1.807, 2.05) is 0 Å². The fraction of sp³-hybridized carbons (Fsp3) is 0.333. The number of benzene rings is 1. The van der Waals surface area contributed by atoms with Gasteiger partial charge >= 0.3 is 0 Å². The predicted octanol–water partition coefficient (Wildman–Crippen LogP) is 2.32. The van der Waals surface area contributed by atoms with Crippen molar-refractivity contribution < 1.29 is 0 Å². The van der Waals surface area contributed by atoms with E-state index in [1.165, 1.54) is 0 Å². The van der Waals surface area contributed by atoms with Gasteiger partial charge in [-0.05, 0) is 18.6 Å². The molecule has 1 saturated heterocycles. The summed E-state index contributed by atoms with van der Waals surface area (Å²) in [6, 6.07) is 5.53. The molecule has 5 nitrogen and oxygen atoms in total. The molecule has 0 amide bonds. The second kappa shape index (κ2) is 5.00. The third-order valence-electron chi connectivity index (χ3n) is 3.18. The maximum absolute atomic E-state index is 6.15. The van der Waals surface area contributed by atoms with Crippen LogP contribution >= 0.6 is 23.2 Å². The smallest absolute Gasteiger partial charge is 0.245 e. The van der Waals surface area contributed by atoms with Crippen LogP contribution in [0.5, 0.6) is 0 Å². The van der Waals surface area contributed by atoms with E-state index < -0.39 is 0 Å². The van der Waals surface area contributed by atoms with Crippen molar-refractivity contribution >= 4 is 29.2 Å². The van der Waals surface area contributed by atoms with Gasteiger partial charge < -0.3 is 10.6 Å². The number of nitrogens with two attached hydrogens (primary N) is 1. The first kappa shape index (κ1) is 12.7. The zero-order valence-corrected chi connectivity index (χ0v) is 11.6. The van der Waals surface area contributed by atoms with Gasteiger partial charge in [0, 0.05) is 19.1 Å². The van der Waals surface area contributed by atoms with E-state index in [1.54, 1.807) is 18.2 Å². The first-order valence-corrected chi connectivity index (χ1v) is 6.78. The fourth-order valence-corrected chi connectivity index (χ4v) is 2.78. The number of hydrogen-bond acceptors (Lipinski definition) is 4. The van der Waals surface area contributed by atoms with Crippen LogP contribution in [0, 0.1) is 0 Å². The minimum atomic E-state index is 0.186. The van der Waals surface area contributed by atoms with Gasteiger partial charge in [-0.15, -0.1) is 5.10 Å². The number of H-pyrrole nitrogens is 1. The number of aromatic nitrogens is 3. The van der Waals surface area contributed by atoms with Crippen molar-refractivity contribution in [2.24, 2.45) is 5.73 Å². The zero-order valence-electron chi connectivity index (χ0n) is 10.1. The fourth-order valence-electron chi connectivity index (χ4n) is 2.20. The molecule has 3 N–H and O–H groups in total. The normalized spacial score (nSPS) is 19.1. The summed E-state index contributed by atoms with van der Waals surface area (Å²) in [6.07, 6.45) is 0.955. The molecule has 3 rings (SSSR count). The van der Waals surface area contributed by atoms with Crippen molar-refractivity contribution in [1.29, 1.82) is 0 Å². The first-order valence-electron chi connectivity index (χ1n) is 6.02. The number of hydrogen-bond donors (Lipinski definition) is 2. The maximum Gasteiger partial charge on any atom is 0.245 e. The maximum atomic E-state index is 6.15. The summed E-state index contributed by atoms with van der Waals surface area (Å²) in [5.74, 6) is 1.21. The molecule has 1 atom stereocenters. The Hall–Kier alpha value is -1.30. The molecular formula is C12H13Cl2N5. The van der Waals surface area contributed by atoms with Crippen LogP contribution in [0.25, 0.3) is 11.4 Å². The van der Waals surface area contributed by atoms with Gasteiger partial charge in [0.1, 0.15) is 0 Å². The Morgan fingerprint density at radius 3 is 2.68 bits per heavy atom. The van der Waals surface area contributed by atoms with Gasteiger partial charge in [0.05, 0.1) is 15.6 Å². The van der Waals surface area contributed by atoms with Gasteiger partial charge in [0.2, 0.25) is 5.95 Å². The van der Waals surface area contributed by atoms with Crippen molar-refractivity contribution in [3.8, 4) is 11.4 Å². The second-order valence-corrected chi connectivity index (χ2v) is 5.39. The van der Waals surface area contributed by atoms with Crippen LogP contribution in [0.2, 0.25) is 10.0 Å². The van der Waals surface area contributed by atoms with E-state index in [0.717, 1.165) is 19.5 Å². The molecule has 0 aliphatic carbocycles. The highest BCUT2D eigenvalue weighted by Gasteiger charge is 2.23. The van der Waals surface area contributed by atoms with Crippen LogP contribution in [0.15, 0.2) is 18.2 Å². The van der Waals surface area contributed by atoms with E-state index in [2.05, 4.69) is 20.1 Å². The lowest BCUT2D eigenvalue weighted by atomic mass is 10.2. The SMILES string of the molecule is NC1CCN(c2n[nH]c(-c3c(Cl)cccc3Cl)n2)C1. The van der Waals surface area contributed by atoms with Crippen LogP contribution in [-0.4, -0.2) is 34.3 Å². The van der Waals surface area contributed by atoms with Crippen LogP contribution in [0.1, 0.15) is 6.42 Å². The number of nitrogens with one attached hydrogen (secondary N) is 1. The second-order valence-electron chi connectivity index (χ2n) is 4.58. The third-order valence-corrected chi connectivity index (χ3v) is 3.81. The van der Waals surface area contributed by atoms with E-state index in [0.29, 0.717) is 27.4 Å². The lowest BCUT2D eigenvalue weighted by Gasteiger charge is -2.11. The van der Waals surface area contributed by atoms with Crippen molar-refractivity contribution in [1.82, 2.24) is 15.2 Å². The topological polar surface area (TPSA) is 70.8 Å². The number of aromatic amines is 1. The Labute approximate surface area is 120 Å².